The lowest BCUT2D eigenvalue weighted by Crippen LogP contribution is -2.37. The zero-order chi connectivity index (χ0) is 10.8. The molecule has 0 radical (unpaired) electrons. The van der Waals surface area contributed by atoms with Crippen molar-refractivity contribution in [3.05, 3.63) is 34.9 Å². The summed E-state index contributed by atoms with van der Waals surface area (Å²) in [7, 11) is 0. The average Bonchev–Trinajstić information content (AvgIpc) is 2.17. The molecule has 2 nitrogen and oxygen atoms in total. The van der Waals surface area contributed by atoms with Crippen LogP contribution in [0.2, 0.25) is 0 Å². The van der Waals surface area contributed by atoms with E-state index >= 15 is 0 Å². The van der Waals surface area contributed by atoms with E-state index in [0.717, 1.165) is 0 Å². The Bertz CT molecular complexity index is 296. The summed E-state index contributed by atoms with van der Waals surface area (Å²) < 4.78 is 0. The van der Waals surface area contributed by atoms with E-state index in [-0.39, 0.29) is 12.0 Å². The van der Waals surface area contributed by atoms with Gasteiger partial charge in [-0.2, -0.15) is 0 Å². The van der Waals surface area contributed by atoms with Crippen molar-refractivity contribution < 1.29 is 5.11 Å². The summed E-state index contributed by atoms with van der Waals surface area (Å²) in [6, 6.07) is 6.15. The van der Waals surface area contributed by atoms with Crippen LogP contribution >= 0.6 is 0 Å². The largest absolute Gasteiger partial charge is 0.395 e. The standard InChI is InChI=1S/C12H19NO/c1-9-5-4-6-10(2)11(9)12(3,7-13)8-14/h4-6,14H,7-8,13H2,1-3H3. The molecule has 1 atom stereocenters. The molecule has 0 saturated carbocycles. The number of hydrogen-bond donors (Lipinski definition) is 2. The predicted molar refractivity (Wildman–Crippen MR) is 59.4 cm³/mol. The summed E-state index contributed by atoms with van der Waals surface area (Å²) in [6.07, 6.45) is 0. The van der Waals surface area contributed by atoms with Crippen LogP contribution in [0.4, 0.5) is 0 Å². The third kappa shape index (κ3) is 1.81. The fraction of sp³-hybridized carbons (Fsp3) is 0.500. The second-order valence-electron chi connectivity index (χ2n) is 4.19. The Morgan fingerprint density at radius 1 is 1.29 bits per heavy atom. The summed E-state index contributed by atoms with van der Waals surface area (Å²) in [5.41, 5.74) is 9.00. The van der Waals surface area contributed by atoms with E-state index in [1.54, 1.807) is 0 Å². The molecule has 0 spiro atoms. The molecule has 1 rings (SSSR count). The first-order valence-electron chi connectivity index (χ1n) is 4.93. The molecular weight excluding hydrogens is 174 g/mol. The lowest BCUT2D eigenvalue weighted by molar-refractivity contribution is 0.209. The second-order valence-corrected chi connectivity index (χ2v) is 4.19. The van der Waals surface area contributed by atoms with Gasteiger partial charge >= 0.3 is 0 Å². The molecule has 0 aliphatic rings. The van der Waals surface area contributed by atoms with Crippen molar-refractivity contribution in [2.45, 2.75) is 26.2 Å². The number of aliphatic hydroxyl groups excluding tert-OH is 1. The Morgan fingerprint density at radius 3 is 2.14 bits per heavy atom. The van der Waals surface area contributed by atoms with Crippen LogP contribution in [0.25, 0.3) is 0 Å². The molecule has 0 fully saturated rings. The first kappa shape index (κ1) is 11.2. The summed E-state index contributed by atoms with van der Waals surface area (Å²) in [5, 5.41) is 9.41. The maximum absolute atomic E-state index is 9.41. The van der Waals surface area contributed by atoms with E-state index in [9.17, 15) is 5.11 Å². The van der Waals surface area contributed by atoms with Crippen molar-refractivity contribution in [3.8, 4) is 0 Å². The lowest BCUT2D eigenvalue weighted by atomic mass is 9.78. The van der Waals surface area contributed by atoms with Crippen LogP contribution in [0.15, 0.2) is 18.2 Å². The molecule has 2 heteroatoms. The van der Waals surface area contributed by atoms with Gasteiger partial charge in [0.1, 0.15) is 0 Å². The molecule has 0 saturated heterocycles. The van der Waals surface area contributed by atoms with Gasteiger partial charge in [-0.15, -0.1) is 0 Å². The summed E-state index contributed by atoms with van der Waals surface area (Å²) in [5.74, 6) is 0. The molecule has 0 aliphatic carbocycles. The highest BCUT2D eigenvalue weighted by atomic mass is 16.3. The van der Waals surface area contributed by atoms with Crippen molar-refractivity contribution in [2.75, 3.05) is 13.2 Å². The maximum atomic E-state index is 9.41. The summed E-state index contributed by atoms with van der Waals surface area (Å²) in [6.45, 7) is 6.69. The van der Waals surface area contributed by atoms with Crippen LogP contribution in [0.5, 0.6) is 0 Å². The third-order valence-corrected chi connectivity index (χ3v) is 2.88. The molecule has 1 aromatic carbocycles. The third-order valence-electron chi connectivity index (χ3n) is 2.88. The minimum absolute atomic E-state index is 0.0925. The van der Waals surface area contributed by atoms with E-state index in [4.69, 9.17) is 5.73 Å². The van der Waals surface area contributed by atoms with Crippen LogP contribution in [-0.4, -0.2) is 18.3 Å². The van der Waals surface area contributed by atoms with Gasteiger partial charge in [0, 0.05) is 12.0 Å². The molecule has 0 amide bonds. The van der Waals surface area contributed by atoms with Gasteiger partial charge in [-0.05, 0) is 30.5 Å². The van der Waals surface area contributed by atoms with Crippen LogP contribution in [-0.2, 0) is 5.41 Å². The fourth-order valence-corrected chi connectivity index (χ4v) is 2.01. The molecular formula is C12H19NO. The molecule has 78 valence electrons. The van der Waals surface area contributed by atoms with Crippen molar-refractivity contribution in [1.29, 1.82) is 0 Å². The second kappa shape index (κ2) is 4.11. The minimum atomic E-state index is -0.310. The van der Waals surface area contributed by atoms with Crippen LogP contribution in [0.1, 0.15) is 23.6 Å². The number of rotatable bonds is 3. The lowest BCUT2D eigenvalue weighted by Gasteiger charge is -2.29. The molecule has 0 aromatic heterocycles. The minimum Gasteiger partial charge on any atom is -0.395 e. The van der Waals surface area contributed by atoms with E-state index in [2.05, 4.69) is 26.0 Å². The van der Waals surface area contributed by atoms with E-state index in [1.165, 1.54) is 16.7 Å². The van der Waals surface area contributed by atoms with Crippen molar-refractivity contribution in [3.63, 3.8) is 0 Å². The first-order valence-corrected chi connectivity index (χ1v) is 4.93. The molecule has 0 heterocycles. The topological polar surface area (TPSA) is 46.2 Å². The number of nitrogens with two attached hydrogens (primary N) is 1. The number of benzene rings is 1. The summed E-state index contributed by atoms with van der Waals surface area (Å²) >= 11 is 0. The van der Waals surface area contributed by atoms with E-state index in [1.807, 2.05) is 13.0 Å². The number of aliphatic hydroxyl groups is 1. The number of hydrogen-bond acceptors (Lipinski definition) is 2. The van der Waals surface area contributed by atoms with Crippen LogP contribution in [0.3, 0.4) is 0 Å². The van der Waals surface area contributed by atoms with Crippen molar-refractivity contribution in [1.82, 2.24) is 0 Å². The Hall–Kier alpha value is -0.860. The number of aryl methyl sites for hydroxylation is 2. The monoisotopic (exact) mass is 193 g/mol. The smallest absolute Gasteiger partial charge is 0.0537 e. The zero-order valence-electron chi connectivity index (χ0n) is 9.17. The highest BCUT2D eigenvalue weighted by Crippen LogP contribution is 2.28. The zero-order valence-corrected chi connectivity index (χ0v) is 9.17. The Morgan fingerprint density at radius 2 is 1.79 bits per heavy atom. The van der Waals surface area contributed by atoms with E-state index in [0.29, 0.717) is 6.54 Å². The van der Waals surface area contributed by atoms with Gasteiger partial charge in [-0.3, -0.25) is 0 Å². The van der Waals surface area contributed by atoms with Gasteiger partial charge in [0.25, 0.3) is 0 Å². The van der Waals surface area contributed by atoms with Crippen LogP contribution in [0, 0.1) is 13.8 Å². The SMILES string of the molecule is Cc1cccc(C)c1C(C)(CN)CO. The van der Waals surface area contributed by atoms with Gasteiger partial charge in [0.15, 0.2) is 0 Å². The Balaban J connectivity index is 3.29. The van der Waals surface area contributed by atoms with Gasteiger partial charge in [0.2, 0.25) is 0 Å². The van der Waals surface area contributed by atoms with Gasteiger partial charge in [0.05, 0.1) is 6.61 Å². The summed E-state index contributed by atoms with van der Waals surface area (Å²) in [4.78, 5) is 0. The molecule has 1 aromatic rings. The quantitative estimate of drug-likeness (QED) is 0.764. The van der Waals surface area contributed by atoms with Crippen molar-refractivity contribution in [2.24, 2.45) is 5.73 Å². The predicted octanol–water partition coefficient (Wildman–Crippen LogP) is 1.51. The van der Waals surface area contributed by atoms with Gasteiger partial charge < -0.3 is 10.8 Å². The molecule has 1 unspecified atom stereocenters. The molecule has 14 heavy (non-hydrogen) atoms. The van der Waals surface area contributed by atoms with Gasteiger partial charge in [-0.1, -0.05) is 25.1 Å². The molecule has 0 bridgehead atoms. The highest BCUT2D eigenvalue weighted by molar-refractivity contribution is 5.40. The fourth-order valence-electron chi connectivity index (χ4n) is 2.01. The van der Waals surface area contributed by atoms with E-state index < -0.39 is 0 Å². The van der Waals surface area contributed by atoms with Crippen LogP contribution < -0.4 is 5.73 Å². The average molecular weight is 193 g/mol. The molecule has 3 N–H and O–H groups in total. The normalized spacial score (nSPS) is 15.2. The first-order chi connectivity index (χ1) is 6.55. The van der Waals surface area contributed by atoms with Crippen molar-refractivity contribution >= 4 is 0 Å². The Kier molecular flexibility index (Phi) is 3.29. The maximum Gasteiger partial charge on any atom is 0.0537 e. The molecule has 0 aliphatic heterocycles. The highest BCUT2D eigenvalue weighted by Gasteiger charge is 2.27. The Labute approximate surface area is 85.8 Å². The van der Waals surface area contributed by atoms with Gasteiger partial charge in [-0.25, -0.2) is 0 Å².